The highest BCUT2D eigenvalue weighted by atomic mass is 32.2. The molecule has 0 fully saturated rings. The van der Waals surface area contributed by atoms with E-state index >= 15 is 0 Å². The zero-order valence-electron chi connectivity index (χ0n) is 11.5. The topological polar surface area (TPSA) is 66.5 Å². The van der Waals surface area contributed by atoms with Crippen LogP contribution in [0, 0.1) is 0 Å². The summed E-state index contributed by atoms with van der Waals surface area (Å²) in [5.41, 5.74) is 0.944. The van der Waals surface area contributed by atoms with Crippen LogP contribution in [0.25, 0.3) is 0 Å². The van der Waals surface area contributed by atoms with Crippen molar-refractivity contribution in [1.29, 1.82) is 0 Å². The second kappa shape index (κ2) is 6.68. The first-order chi connectivity index (χ1) is 8.84. The third-order valence-electron chi connectivity index (χ3n) is 2.86. The number of benzene rings is 1. The van der Waals surface area contributed by atoms with Crippen molar-refractivity contribution in [2.45, 2.75) is 18.4 Å². The molecule has 5 nitrogen and oxygen atoms in total. The molecule has 0 spiro atoms. The van der Waals surface area contributed by atoms with E-state index < -0.39 is 9.84 Å². The molecule has 0 radical (unpaired) electrons. The minimum Gasteiger partial charge on any atom is -0.345 e. The molecule has 0 saturated heterocycles. The summed E-state index contributed by atoms with van der Waals surface area (Å²) in [7, 11) is -1.39. The molecule has 1 amide bonds. The van der Waals surface area contributed by atoms with Gasteiger partial charge in [0.15, 0.2) is 9.84 Å². The summed E-state index contributed by atoms with van der Waals surface area (Å²) in [5, 5.41) is 3.03. The lowest BCUT2D eigenvalue weighted by Crippen LogP contribution is -2.35. The Balaban J connectivity index is 2.49. The van der Waals surface area contributed by atoms with Gasteiger partial charge in [0.2, 0.25) is 5.91 Å². The number of nitrogens with zero attached hydrogens (tertiary/aromatic N) is 1. The molecule has 0 heterocycles. The molecule has 0 aromatic heterocycles. The fourth-order valence-corrected chi connectivity index (χ4v) is 2.11. The zero-order valence-corrected chi connectivity index (χ0v) is 12.3. The number of carbonyl (C=O) groups is 1. The van der Waals surface area contributed by atoms with Gasteiger partial charge in [-0.25, -0.2) is 8.42 Å². The lowest BCUT2D eigenvalue weighted by Gasteiger charge is -2.14. The predicted molar refractivity (Wildman–Crippen MR) is 74.6 cm³/mol. The number of nitrogens with one attached hydrogen (secondary N) is 1. The summed E-state index contributed by atoms with van der Waals surface area (Å²) in [6.45, 7) is 3.41. The van der Waals surface area contributed by atoms with Crippen LogP contribution in [0.4, 0.5) is 0 Å². The quantitative estimate of drug-likeness (QED) is 0.833. The molecule has 1 aromatic carbocycles. The molecule has 0 aliphatic heterocycles. The molecule has 1 N–H and O–H groups in total. The van der Waals surface area contributed by atoms with Crippen molar-refractivity contribution in [2.24, 2.45) is 0 Å². The van der Waals surface area contributed by atoms with Crippen molar-refractivity contribution in [3.63, 3.8) is 0 Å². The van der Waals surface area contributed by atoms with E-state index in [1.807, 2.05) is 6.92 Å². The number of rotatable bonds is 6. The van der Waals surface area contributed by atoms with Crippen LogP contribution in [-0.2, 0) is 21.2 Å². The lowest BCUT2D eigenvalue weighted by atomic mass is 10.2. The van der Waals surface area contributed by atoms with Gasteiger partial charge in [0, 0.05) is 26.4 Å². The number of hydrogen-bond donors (Lipinski definition) is 1. The monoisotopic (exact) mass is 284 g/mol. The molecule has 0 saturated carbocycles. The van der Waals surface area contributed by atoms with E-state index in [0.29, 0.717) is 18.0 Å². The Morgan fingerprint density at radius 2 is 1.84 bits per heavy atom. The van der Waals surface area contributed by atoms with Crippen LogP contribution in [0.2, 0.25) is 0 Å². The van der Waals surface area contributed by atoms with E-state index in [1.54, 1.807) is 36.2 Å². The summed E-state index contributed by atoms with van der Waals surface area (Å²) < 4.78 is 22.6. The molecule has 19 heavy (non-hydrogen) atoms. The smallest absolute Gasteiger partial charge is 0.236 e. The van der Waals surface area contributed by atoms with Crippen LogP contribution in [0.15, 0.2) is 29.2 Å². The van der Waals surface area contributed by atoms with Gasteiger partial charge in [0.1, 0.15) is 0 Å². The van der Waals surface area contributed by atoms with E-state index in [-0.39, 0.29) is 12.5 Å². The third-order valence-corrected chi connectivity index (χ3v) is 3.99. The van der Waals surface area contributed by atoms with Crippen LogP contribution >= 0.6 is 0 Å². The second-order valence-electron chi connectivity index (χ2n) is 4.43. The Morgan fingerprint density at radius 3 is 2.32 bits per heavy atom. The number of sulfone groups is 1. The summed E-state index contributed by atoms with van der Waals surface area (Å²) in [6, 6.07) is 6.65. The average Bonchev–Trinajstić information content (AvgIpc) is 2.37. The summed E-state index contributed by atoms with van der Waals surface area (Å²) in [4.78, 5) is 13.5. The predicted octanol–water partition coefficient (Wildman–Crippen LogP) is 0.658. The largest absolute Gasteiger partial charge is 0.345 e. The zero-order chi connectivity index (χ0) is 14.5. The molecule has 106 valence electrons. The Kier molecular flexibility index (Phi) is 5.50. The van der Waals surface area contributed by atoms with Crippen molar-refractivity contribution in [1.82, 2.24) is 10.2 Å². The molecular weight excluding hydrogens is 264 g/mol. The maximum absolute atomic E-state index is 11.5. The van der Waals surface area contributed by atoms with Gasteiger partial charge in [-0.15, -0.1) is 0 Å². The van der Waals surface area contributed by atoms with Crippen LogP contribution in [0.5, 0.6) is 0 Å². The van der Waals surface area contributed by atoms with Gasteiger partial charge in [0.25, 0.3) is 0 Å². The Bertz CT molecular complexity index is 523. The normalized spacial score (nSPS) is 11.3. The van der Waals surface area contributed by atoms with Crippen LogP contribution in [0.3, 0.4) is 0 Å². The highest BCUT2D eigenvalue weighted by Gasteiger charge is 2.07. The fraction of sp³-hybridized carbons (Fsp3) is 0.462. The van der Waals surface area contributed by atoms with Gasteiger partial charge in [-0.05, 0) is 24.6 Å². The first kappa shape index (κ1) is 15.7. The van der Waals surface area contributed by atoms with Crippen LogP contribution in [0.1, 0.15) is 12.5 Å². The molecular formula is C13H20N2O3S. The van der Waals surface area contributed by atoms with E-state index in [9.17, 15) is 13.2 Å². The molecule has 6 heteroatoms. The van der Waals surface area contributed by atoms with E-state index in [2.05, 4.69) is 5.32 Å². The minimum atomic E-state index is -3.15. The van der Waals surface area contributed by atoms with Gasteiger partial charge in [0.05, 0.1) is 11.4 Å². The Morgan fingerprint density at radius 1 is 1.26 bits per heavy atom. The molecule has 0 aliphatic rings. The lowest BCUT2D eigenvalue weighted by molar-refractivity contribution is -0.128. The third kappa shape index (κ3) is 5.00. The molecule has 1 aromatic rings. The van der Waals surface area contributed by atoms with Crippen molar-refractivity contribution in [3.05, 3.63) is 29.8 Å². The first-order valence-corrected chi connectivity index (χ1v) is 7.97. The highest BCUT2D eigenvalue weighted by molar-refractivity contribution is 7.90. The molecule has 0 aliphatic carbocycles. The van der Waals surface area contributed by atoms with Crippen molar-refractivity contribution in [3.8, 4) is 0 Å². The van der Waals surface area contributed by atoms with Gasteiger partial charge in [-0.2, -0.15) is 0 Å². The fourth-order valence-electron chi connectivity index (χ4n) is 1.48. The number of amides is 1. The molecule has 0 atom stereocenters. The highest BCUT2D eigenvalue weighted by Crippen LogP contribution is 2.09. The Hall–Kier alpha value is -1.40. The van der Waals surface area contributed by atoms with Gasteiger partial charge < -0.3 is 10.2 Å². The van der Waals surface area contributed by atoms with Crippen molar-refractivity contribution in [2.75, 3.05) is 26.4 Å². The second-order valence-corrected chi connectivity index (χ2v) is 6.44. The van der Waals surface area contributed by atoms with Gasteiger partial charge in [-0.1, -0.05) is 12.1 Å². The maximum Gasteiger partial charge on any atom is 0.236 e. The number of carbonyl (C=O) groups excluding carboxylic acids is 1. The van der Waals surface area contributed by atoms with Crippen LogP contribution in [-0.4, -0.2) is 45.6 Å². The molecule has 1 rings (SSSR count). The van der Waals surface area contributed by atoms with Gasteiger partial charge in [-0.3, -0.25) is 4.79 Å². The summed E-state index contributed by atoms with van der Waals surface area (Å²) >= 11 is 0. The first-order valence-electron chi connectivity index (χ1n) is 6.08. The Labute approximate surface area is 114 Å². The minimum absolute atomic E-state index is 0.0373. The average molecular weight is 284 g/mol. The maximum atomic E-state index is 11.5. The van der Waals surface area contributed by atoms with E-state index in [4.69, 9.17) is 0 Å². The number of hydrogen-bond acceptors (Lipinski definition) is 4. The van der Waals surface area contributed by atoms with Crippen LogP contribution < -0.4 is 5.32 Å². The standard InChI is InChI=1S/C13H20N2O3S/c1-4-15(2)13(16)10-14-9-11-5-7-12(8-6-11)19(3,17)18/h5-8,14H,4,9-10H2,1-3H3. The van der Waals surface area contributed by atoms with Gasteiger partial charge >= 0.3 is 0 Å². The molecule has 0 unspecified atom stereocenters. The van der Waals surface area contributed by atoms with Crippen molar-refractivity contribution < 1.29 is 13.2 Å². The SMILES string of the molecule is CCN(C)C(=O)CNCc1ccc(S(C)(=O)=O)cc1. The number of likely N-dealkylation sites (N-methyl/N-ethyl adjacent to an activating group) is 1. The summed E-state index contributed by atoms with van der Waals surface area (Å²) in [5.74, 6) is 0.0373. The van der Waals surface area contributed by atoms with E-state index in [0.717, 1.165) is 5.56 Å². The van der Waals surface area contributed by atoms with Crippen molar-refractivity contribution >= 4 is 15.7 Å². The summed E-state index contributed by atoms with van der Waals surface area (Å²) in [6.07, 6.45) is 1.18. The van der Waals surface area contributed by atoms with E-state index in [1.165, 1.54) is 6.26 Å². The molecule has 0 bridgehead atoms.